The van der Waals surface area contributed by atoms with Gasteiger partial charge in [0, 0.05) is 38.3 Å². The second kappa shape index (κ2) is 6.27. The zero-order chi connectivity index (χ0) is 13.8. The van der Waals surface area contributed by atoms with E-state index in [1.54, 1.807) is 0 Å². The SMILES string of the molecule is C[C@H]1CCN(C(O)NCCCN2C(=O)C=CC2=O)C1. The molecule has 6 nitrogen and oxygen atoms in total. The molecule has 0 radical (unpaired) electrons. The van der Waals surface area contributed by atoms with Crippen LogP contribution >= 0.6 is 0 Å². The average molecular weight is 267 g/mol. The minimum Gasteiger partial charge on any atom is -0.365 e. The fourth-order valence-corrected chi connectivity index (χ4v) is 2.44. The zero-order valence-corrected chi connectivity index (χ0v) is 11.2. The monoisotopic (exact) mass is 267 g/mol. The highest BCUT2D eigenvalue weighted by Gasteiger charge is 2.25. The molecule has 1 fully saturated rings. The summed E-state index contributed by atoms with van der Waals surface area (Å²) in [4.78, 5) is 25.8. The van der Waals surface area contributed by atoms with Crippen molar-refractivity contribution < 1.29 is 14.7 Å². The molecule has 2 rings (SSSR count). The molecule has 2 aliphatic rings. The molecule has 0 saturated carbocycles. The van der Waals surface area contributed by atoms with E-state index in [0.717, 1.165) is 19.5 Å². The fraction of sp³-hybridized carbons (Fsp3) is 0.692. The Hall–Kier alpha value is -1.24. The van der Waals surface area contributed by atoms with Crippen molar-refractivity contribution in [3.8, 4) is 0 Å². The standard InChI is InChI=1S/C13H21N3O3/c1-10-5-8-15(9-10)13(19)14-6-2-7-16-11(17)3-4-12(16)18/h3-4,10,13-14,19H,2,5-9H2,1H3/t10-,13?/m0/s1. The highest BCUT2D eigenvalue weighted by molar-refractivity contribution is 6.12. The van der Waals surface area contributed by atoms with Crippen molar-refractivity contribution in [2.24, 2.45) is 5.92 Å². The van der Waals surface area contributed by atoms with Gasteiger partial charge in [-0.15, -0.1) is 0 Å². The molecule has 2 N–H and O–H groups in total. The number of hydrogen-bond donors (Lipinski definition) is 2. The number of carbonyl (C=O) groups excluding carboxylic acids is 2. The highest BCUT2D eigenvalue weighted by atomic mass is 16.3. The van der Waals surface area contributed by atoms with Gasteiger partial charge in [0.15, 0.2) is 6.35 Å². The van der Waals surface area contributed by atoms with Gasteiger partial charge in [-0.2, -0.15) is 0 Å². The van der Waals surface area contributed by atoms with Crippen LogP contribution in [0.1, 0.15) is 19.8 Å². The van der Waals surface area contributed by atoms with Gasteiger partial charge in [0.2, 0.25) is 0 Å². The highest BCUT2D eigenvalue weighted by Crippen LogP contribution is 2.15. The molecule has 19 heavy (non-hydrogen) atoms. The van der Waals surface area contributed by atoms with Crippen molar-refractivity contribution in [1.82, 2.24) is 15.1 Å². The molecule has 0 aromatic carbocycles. The van der Waals surface area contributed by atoms with Gasteiger partial charge in [0.25, 0.3) is 11.8 Å². The van der Waals surface area contributed by atoms with Crippen molar-refractivity contribution in [2.75, 3.05) is 26.2 Å². The van der Waals surface area contributed by atoms with E-state index in [9.17, 15) is 14.7 Å². The minimum atomic E-state index is -0.631. The lowest BCUT2D eigenvalue weighted by molar-refractivity contribution is -0.136. The van der Waals surface area contributed by atoms with E-state index in [1.165, 1.54) is 17.1 Å². The minimum absolute atomic E-state index is 0.251. The van der Waals surface area contributed by atoms with Gasteiger partial charge in [-0.3, -0.25) is 24.7 Å². The Morgan fingerprint density at radius 3 is 2.68 bits per heavy atom. The number of nitrogens with zero attached hydrogens (tertiary/aromatic N) is 2. The second-order valence-electron chi connectivity index (χ2n) is 5.23. The van der Waals surface area contributed by atoms with Crippen molar-refractivity contribution in [2.45, 2.75) is 26.1 Å². The maximum absolute atomic E-state index is 11.3. The van der Waals surface area contributed by atoms with Crippen LogP contribution < -0.4 is 5.32 Å². The van der Waals surface area contributed by atoms with Crippen molar-refractivity contribution in [3.05, 3.63) is 12.2 Å². The number of amides is 2. The van der Waals surface area contributed by atoms with Gasteiger partial charge in [-0.25, -0.2) is 0 Å². The van der Waals surface area contributed by atoms with Crippen LogP contribution in [0.2, 0.25) is 0 Å². The van der Waals surface area contributed by atoms with E-state index in [-0.39, 0.29) is 11.8 Å². The maximum atomic E-state index is 11.3. The summed E-state index contributed by atoms with van der Waals surface area (Å²) >= 11 is 0. The van der Waals surface area contributed by atoms with E-state index in [4.69, 9.17) is 0 Å². The topological polar surface area (TPSA) is 72.9 Å². The predicted octanol–water partition coefficient (Wildman–Crippen LogP) is -0.491. The number of aliphatic hydroxyl groups is 1. The van der Waals surface area contributed by atoms with Crippen molar-refractivity contribution in [3.63, 3.8) is 0 Å². The third kappa shape index (κ3) is 3.62. The number of imide groups is 1. The van der Waals surface area contributed by atoms with Gasteiger partial charge in [-0.05, 0) is 18.8 Å². The van der Waals surface area contributed by atoms with Crippen molar-refractivity contribution >= 4 is 11.8 Å². The second-order valence-corrected chi connectivity index (χ2v) is 5.23. The molecule has 0 aromatic rings. The first-order chi connectivity index (χ1) is 9.08. The van der Waals surface area contributed by atoms with E-state index in [0.29, 0.717) is 25.4 Å². The number of likely N-dealkylation sites (tertiary alicyclic amines) is 1. The lowest BCUT2D eigenvalue weighted by Crippen LogP contribution is -2.45. The molecule has 2 heterocycles. The number of carbonyl (C=O) groups is 2. The molecule has 2 amide bonds. The lowest BCUT2D eigenvalue weighted by atomic mass is 10.2. The molecule has 6 heteroatoms. The molecule has 0 aromatic heterocycles. The van der Waals surface area contributed by atoms with Gasteiger partial charge in [0.1, 0.15) is 0 Å². The van der Waals surface area contributed by atoms with E-state index in [1.807, 2.05) is 4.90 Å². The molecule has 106 valence electrons. The summed E-state index contributed by atoms with van der Waals surface area (Å²) in [6, 6.07) is 0. The largest absolute Gasteiger partial charge is 0.365 e. The number of rotatable bonds is 6. The van der Waals surface area contributed by atoms with Gasteiger partial charge in [0.05, 0.1) is 0 Å². The lowest BCUT2D eigenvalue weighted by Gasteiger charge is -2.24. The zero-order valence-electron chi connectivity index (χ0n) is 11.2. The van der Waals surface area contributed by atoms with E-state index < -0.39 is 6.35 Å². The Morgan fingerprint density at radius 2 is 2.11 bits per heavy atom. The molecule has 0 bridgehead atoms. The summed E-state index contributed by atoms with van der Waals surface area (Å²) in [5, 5.41) is 12.9. The van der Waals surface area contributed by atoms with Crippen LogP contribution in [-0.2, 0) is 9.59 Å². The number of aliphatic hydroxyl groups excluding tert-OH is 1. The van der Waals surface area contributed by atoms with Gasteiger partial charge in [-0.1, -0.05) is 6.92 Å². The third-order valence-corrected chi connectivity index (χ3v) is 3.59. The molecule has 0 aliphatic carbocycles. The molecule has 0 spiro atoms. The first kappa shape index (κ1) is 14.2. The van der Waals surface area contributed by atoms with Gasteiger partial charge < -0.3 is 5.11 Å². The van der Waals surface area contributed by atoms with E-state index in [2.05, 4.69) is 12.2 Å². The Morgan fingerprint density at radius 1 is 1.42 bits per heavy atom. The van der Waals surface area contributed by atoms with Crippen LogP contribution in [0.15, 0.2) is 12.2 Å². The Bertz CT molecular complexity index is 365. The normalized spacial score (nSPS) is 25.6. The predicted molar refractivity (Wildman–Crippen MR) is 69.8 cm³/mol. The van der Waals surface area contributed by atoms with Crippen LogP contribution in [0.4, 0.5) is 0 Å². The molecule has 1 saturated heterocycles. The first-order valence-electron chi connectivity index (χ1n) is 6.77. The Labute approximate surface area is 113 Å². The van der Waals surface area contributed by atoms with Crippen LogP contribution in [-0.4, -0.2) is 59.3 Å². The summed E-state index contributed by atoms with van der Waals surface area (Å²) in [5.74, 6) is 0.125. The summed E-state index contributed by atoms with van der Waals surface area (Å²) in [5.41, 5.74) is 0. The summed E-state index contributed by atoms with van der Waals surface area (Å²) < 4.78 is 0. The third-order valence-electron chi connectivity index (χ3n) is 3.59. The average Bonchev–Trinajstić information content (AvgIpc) is 2.94. The van der Waals surface area contributed by atoms with E-state index >= 15 is 0 Å². The molecular formula is C13H21N3O3. The quantitative estimate of drug-likeness (QED) is 0.386. The van der Waals surface area contributed by atoms with Crippen LogP contribution in [0, 0.1) is 5.92 Å². The Kier molecular flexibility index (Phi) is 4.68. The van der Waals surface area contributed by atoms with Gasteiger partial charge >= 0.3 is 0 Å². The smallest absolute Gasteiger partial charge is 0.253 e. The van der Waals surface area contributed by atoms with Crippen LogP contribution in [0.5, 0.6) is 0 Å². The van der Waals surface area contributed by atoms with Crippen LogP contribution in [0.25, 0.3) is 0 Å². The number of hydrogen-bond acceptors (Lipinski definition) is 5. The fourth-order valence-electron chi connectivity index (χ4n) is 2.44. The molecule has 2 atom stereocenters. The summed E-state index contributed by atoms with van der Waals surface area (Å²) in [6.45, 7) is 4.94. The summed E-state index contributed by atoms with van der Waals surface area (Å²) in [7, 11) is 0. The number of nitrogens with one attached hydrogen (secondary N) is 1. The summed E-state index contributed by atoms with van der Waals surface area (Å²) in [6.07, 6.45) is 3.70. The Balaban J connectivity index is 1.62. The molecular weight excluding hydrogens is 246 g/mol. The first-order valence-corrected chi connectivity index (χ1v) is 6.77. The molecule has 1 unspecified atom stereocenters. The van der Waals surface area contributed by atoms with Crippen LogP contribution in [0.3, 0.4) is 0 Å². The maximum Gasteiger partial charge on any atom is 0.253 e. The molecule has 2 aliphatic heterocycles. The van der Waals surface area contributed by atoms with Crippen molar-refractivity contribution in [1.29, 1.82) is 0 Å².